The van der Waals surface area contributed by atoms with E-state index in [0.717, 1.165) is 38.0 Å². The number of hydrogen-bond acceptors (Lipinski definition) is 2. The van der Waals surface area contributed by atoms with Gasteiger partial charge in [-0.2, -0.15) is 0 Å². The van der Waals surface area contributed by atoms with Crippen LogP contribution < -0.4 is 10.5 Å². The minimum Gasteiger partial charge on any atom is -0.496 e. The molecule has 106 valence electrons. The number of rotatable bonds is 7. The van der Waals surface area contributed by atoms with E-state index in [2.05, 4.69) is 36.4 Å². The first-order valence-electron chi connectivity index (χ1n) is 7.23. The van der Waals surface area contributed by atoms with Crippen LogP contribution in [0.4, 0.5) is 0 Å². The number of para-hydroxylation sites is 1. The molecular weight excluding hydrogens is 246 g/mol. The second-order valence-corrected chi connectivity index (χ2v) is 5.02. The second kappa shape index (κ2) is 7.71. The molecule has 0 saturated carbocycles. The van der Waals surface area contributed by atoms with Crippen molar-refractivity contribution in [2.24, 2.45) is 5.73 Å². The molecule has 20 heavy (non-hydrogen) atoms. The van der Waals surface area contributed by atoms with Crippen LogP contribution in [0.5, 0.6) is 5.75 Å². The van der Waals surface area contributed by atoms with Gasteiger partial charge in [0.2, 0.25) is 0 Å². The average Bonchev–Trinajstić information content (AvgIpc) is 2.51. The Labute approximate surface area is 121 Å². The zero-order valence-corrected chi connectivity index (χ0v) is 12.1. The number of aryl methyl sites for hydroxylation is 3. The fourth-order valence-electron chi connectivity index (χ4n) is 2.44. The van der Waals surface area contributed by atoms with Crippen LogP contribution in [0.2, 0.25) is 0 Å². The van der Waals surface area contributed by atoms with E-state index in [4.69, 9.17) is 10.5 Å². The summed E-state index contributed by atoms with van der Waals surface area (Å²) in [6, 6.07) is 17.0. The highest BCUT2D eigenvalue weighted by Gasteiger charge is 2.03. The van der Waals surface area contributed by atoms with E-state index >= 15 is 0 Å². The summed E-state index contributed by atoms with van der Waals surface area (Å²) in [6.45, 7) is 0.755. The van der Waals surface area contributed by atoms with Crippen molar-refractivity contribution in [3.63, 3.8) is 0 Å². The quantitative estimate of drug-likeness (QED) is 0.836. The van der Waals surface area contributed by atoms with Crippen molar-refractivity contribution in [2.45, 2.75) is 25.7 Å². The van der Waals surface area contributed by atoms with Crippen molar-refractivity contribution in [1.82, 2.24) is 0 Å². The molecule has 0 aliphatic heterocycles. The summed E-state index contributed by atoms with van der Waals surface area (Å²) in [7, 11) is 1.73. The number of methoxy groups -OCH3 is 1. The maximum atomic E-state index is 5.57. The molecule has 0 fully saturated rings. The standard InChI is InChI=1S/C18H23NO/c1-20-18-10-3-2-9-17(18)12-11-16-7-4-6-15(14-16)8-5-13-19/h2-4,6-7,9-10,14H,5,8,11-13,19H2,1H3. The molecule has 0 amide bonds. The molecular formula is C18H23NO. The average molecular weight is 269 g/mol. The van der Waals surface area contributed by atoms with Gasteiger partial charge in [-0.3, -0.25) is 0 Å². The van der Waals surface area contributed by atoms with Gasteiger partial charge in [0.15, 0.2) is 0 Å². The van der Waals surface area contributed by atoms with E-state index in [9.17, 15) is 0 Å². The van der Waals surface area contributed by atoms with Crippen LogP contribution in [0, 0.1) is 0 Å². The van der Waals surface area contributed by atoms with Crippen LogP contribution in [0.15, 0.2) is 48.5 Å². The smallest absolute Gasteiger partial charge is 0.122 e. The largest absolute Gasteiger partial charge is 0.496 e. The van der Waals surface area contributed by atoms with Gasteiger partial charge in [-0.25, -0.2) is 0 Å². The Morgan fingerprint density at radius 3 is 2.40 bits per heavy atom. The van der Waals surface area contributed by atoms with Crippen LogP contribution in [0.3, 0.4) is 0 Å². The van der Waals surface area contributed by atoms with Crippen molar-refractivity contribution in [2.75, 3.05) is 13.7 Å². The molecule has 0 bridgehead atoms. The van der Waals surface area contributed by atoms with Gasteiger partial charge in [-0.1, -0.05) is 42.5 Å². The molecule has 2 heteroatoms. The number of ether oxygens (including phenoxy) is 1. The zero-order valence-electron chi connectivity index (χ0n) is 12.1. The van der Waals surface area contributed by atoms with E-state index in [1.165, 1.54) is 16.7 Å². The first-order chi connectivity index (χ1) is 9.83. The molecule has 0 atom stereocenters. The Balaban J connectivity index is 1.99. The SMILES string of the molecule is COc1ccccc1CCc1cccc(CCCN)c1. The predicted molar refractivity (Wildman–Crippen MR) is 84.2 cm³/mol. The van der Waals surface area contributed by atoms with Crippen molar-refractivity contribution in [1.29, 1.82) is 0 Å². The van der Waals surface area contributed by atoms with Gasteiger partial charge < -0.3 is 10.5 Å². The molecule has 0 unspecified atom stereocenters. The summed E-state index contributed by atoms with van der Waals surface area (Å²) in [5, 5.41) is 0. The van der Waals surface area contributed by atoms with Crippen molar-refractivity contribution >= 4 is 0 Å². The molecule has 0 heterocycles. The Kier molecular flexibility index (Phi) is 5.63. The Hall–Kier alpha value is -1.80. The third-order valence-corrected chi connectivity index (χ3v) is 3.54. The minimum atomic E-state index is 0.755. The molecule has 2 N–H and O–H groups in total. The molecule has 0 radical (unpaired) electrons. The monoisotopic (exact) mass is 269 g/mol. The van der Waals surface area contributed by atoms with Gasteiger partial charge >= 0.3 is 0 Å². The maximum Gasteiger partial charge on any atom is 0.122 e. The molecule has 2 aromatic rings. The third kappa shape index (κ3) is 4.10. The van der Waals surface area contributed by atoms with Crippen molar-refractivity contribution in [3.8, 4) is 5.75 Å². The highest BCUT2D eigenvalue weighted by Crippen LogP contribution is 2.19. The molecule has 0 saturated heterocycles. The molecule has 0 aromatic heterocycles. The van der Waals surface area contributed by atoms with Crippen LogP contribution in [0.1, 0.15) is 23.1 Å². The first kappa shape index (κ1) is 14.6. The predicted octanol–water partition coefficient (Wildman–Crippen LogP) is 3.37. The van der Waals surface area contributed by atoms with E-state index < -0.39 is 0 Å². The van der Waals surface area contributed by atoms with Crippen LogP contribution in [0.25, 0.3) is 0 Å². The molecule has 2 rings (SSSR count). The fraction of sp³-hybridized carbons (Fsp3) is 0.333. The number of hydrogen-bond donors (Lipinski definition) is 1. The number of nitrogens with two attached hydrogens (primary N) is 1. The van der Waals surface area contributed by atoms with Crippen LogP contribution in [-0.4, -0.2) is 13.7 Å². The Bertz CT molecular complexity index is 536. The summed E-state index contributed by atoms with van der Waals surface area (Å²) in [4.78, 5) is 0. The number of benzene rings is 2. The van der Waals surface area contributed by atoms with Gasteiger partial charge in [0.05, 0.1) is 7.11 Å². The molecule has 0 spiro atoms. The first-order valence-corrected chi connectivity index (χ1v) is 7.23. The van der Waals surface area contributed by atoms with Crippen molar-refractivity contribution < 1.29 is 4.74 Å². The summed E-state index contributed by atoms with van der Waals surface area (Å²) < 4.78 is 5.40. The summed E-state index contributed by atoms with van der Waals surface area (Å²) in [5.74, 6) is 0.979. The summed E-state index contributed by atoms with van der Waals surface area (Å²) in [6.07, 6.45) is 4.16. The van der Waals surface area contributed by atoms with Crippen LogP contribution >= 0.6 is 0 Å². The van der Waals surface area contributed by atoms with Gasteiger partial charge in [-0.05, 0) is 55.0 Å². The van der Waals surface area contributed by atoms with Gasteiger partial charge in [-0.15, -0.1) is 0 Å². The molecule has 0 aliphatic carbocycles. The van der Waals surface area contributed by atoms with E-state index in [1.807, 2.05) is 12.1 Å². The highest BCUT2D eigenvalue weighted by atomic mass is 16.5. The second-order valence-electron chi connectivity index (χ2n) is 5.02. The molecule has 2 nitrogen and oxygen atoms in total. The fourth-order valence-corrected chi connectivity index (χ4v) is 2.44. The van der Waals surface area contributed by atoms with Gasteiger partial charge in [0.1, 0.15) is 5.75 Å². The van der Waals surface area contributed by atoms with Crippen molar-refractivity contribution in [3.05, 3.63) is 65.2 Å². The lowest BCUT2D eigenvalue weighted by atomic mass is 10.0. The van der Waals surface area contributed by atoms with Gasteiger partial charge in [0, 0.05) is 0 Å². The third-order valence-electron chi connectivity index (χ3n) is 3.54. The summed E-state index contributed by atoms with van der Waals surface area (Å²) >= 11 is 0. The minimum absolute atomic E-state index is 0.755. The lowest BCUT2D eigenvalue weighted by Gasteiger charge is -2.09. The van der Waals surface area contributed by atoms with Crippen LogP contribution in [-0.2, 0) is 19.3 Å². The van der Waals surface area contributed by atoms with E-state index in [1.54, 1.807) is 7.11 Å². The highest BCUT2D eigenvalue weighted by molar-refractivity contribution is 5.34. The normalized spacial score (nSPS) is 10.5. The lowest BCUT2D eigenvalue weighted by molar-refractivity contribution is 0.409. The lowest BCUT2D eigenvalue weighted by Crippen LogP contribution is -2.01. The topological polar surface area (TPSA) is 35.2 Å². The maximum absolute atomic E-state index is 5.57. The van der Waals surface area contributed by atoms with Gasteiger partial charge in [0.25, 0.3) is 0 Å². The Morgan fingerprint density at radius 1 is 0.900 bits per heavy atom. The molecule has 0 aliphatic rings. The summed E-state index contributed by atoms with van der Waals surface area (Å²) in [5.41, 5.74) is 9.60. The van der Waals surface area contributed by atoms with E-state index in [0.29, 0.717) is 0 Å². The zero-order chi connectivity index (χ0) is 14.2. The van der Waals surface area contributed by atoms with E-state index in [-0.39, 0.29) is 0 Å². The Morgan fingerprint density at radius 2 is 1.65 bits per heavy atom. The molecule has 2 aromatic carbocycles.